The molecule has 0 spiro atoms. The molecule has 1 aliphatic heterocycles. The van der Waals surface area contributed by atoms with Gasteiger partial charge in [-0.1, -0.05) is 0 Å². The quantitative estimate of drug-likeness (QED) is 0.736. The Morgan fingerprint density at radius 3 is 2.39 bits per heavy atom. The summed E-state index contributed by atoms with van der Waals surface area (Å²) in [5.41, 5.74) is 0.910. The maximum Gasteiger partial charge on any atom is 0.274 e. The third-order valence-electron chi connectivity index (χ3n) is 3.81. The molecule has 2 heterocycles. The lowest BCUT2D eigenvalue weighted by Gasteiger charge is -2.40. The van der Waals surface area contributed by atoms with Crippen LogP contribution in [0.5, 0.6) is 0 Å². The lowest BCUT2D eigenvalue weighted by Crippen LogP contribution is -2.61. The number of aryl methyl sites for hydroxylation is 1. The van der Waals surface area contributed by atoms with Crippen molar-refractivity contribution in [1.29, 1.82) is 0 Å². The summed E-state index contributed by atoms with van der Waals surface area (Å²) in [6.07, 6.45) is 2.92. The molecule has 0 radical (unpaired) electrons. The average Bonchev–Trinajstić information content (AvgIpc) is 2.53. The summed E-state index contributed by atoms with van der Waals surface area (Å²) in [5, 5.41) is 0. The number of nitrogens with zero attached hydrogens (tertiary/aromatic N) is 5. The molecule has 1 aromatic rings. The van der Waals surface area contributed by atoms with Crippen LogP contribution >= 0.6 is 0 Å². The van der Waals surface area contributed by atoms with E-state index in [1.165, 1.54) is 29.1 Å². The maximum atomic E-state index is 12.7. The van der Waals surface area contributed by atoms with E-state index in [4.69, 9.17) is 0 Å². The first-order chi connectivity index (χ1) is 10.8. The third kappa shape index (κ3) is 3.64. The number of amides is 3. The van der Waals surface area contributed by atoms with E-state index in [-0.39, 0.29) is 36.5 Å². The maximum absolute atomic E-state index is 12.7. The highest BCUT2D eigenvalue weighted by Gasteiger charge is 2.37. The van der Waals surface area contributed by atoms with Gasteiger partial charge in [0.15, 0.2) is 0 Å². The number of hydrogen-bond donors (Lipinski definition) is 0. The van der Waals surface area contributed by atoms with Crippen LogP contribution in [0.1, 0.15) is 23.1 Å². The van der Waals surface area contributed by atoms with Crippen molar-refractivity contribution in [1.82, 2.24) is 24.7 Å². The molecule has 8 heteroatoms. The number of rotatable bonds is 2. The van der Waals surface area contributed by atoms with Gasteiger partial charge in [0.25, 0.3) is 5.91 Å². The predicted octanol–water partition coefficient (Wildman–Crippen LogP) is -0.454. The van der Waals surface area contributed by atoms with Crippen molar-refractivity contribution in [2.45, 2.75) is 19.9 Å². The number of likely N-dealkylation sites (N-methyl/N-ethyl adjacent to an activating group) is 1. The second-order valence-electron chi connectivity index (χ2n) is 5.76. The molecule has 2 rings (SSSR count). The van der Waals surface area contributed by atoms with E-state index < -0.39 is 6.04 Å². The molecule has 8 nitrogen and oxygen atoms in total. The Bertz CT molecular complexity index is 614. The first-order valence-electron chi connectivity index (χ1n) is 7.37. The topological polar surface area (TPSA) is 86.7 Å². The van der Waals surface area contributed by atoms with Gasteiger partial charge in [0, 0.05) is 40.3 Å². The fourth-order valence-electron chi connectivity index (χ4n) is 2.47. The van der Waals surface area contributed by atoms with Crippen molar-refractivity contribution in [2.24, 2.45) is 0 Å². The van der Waals surface area contributed by atoms with Crippen LogP contribution in [0.4, 0.5) is 0 Å². The molecule has 23 heavy (non-hydrogen) atoms. The van der Waals surface area contributed by atoms with Gasteiger partial charge in [0.2, 0.25) is 11.8 Å². The summed E-state index contributed by atoms with van der Waals surface area (Å²) in [6, 6.07) is -0.710. The van der Waals surface area contributed by atoms with Gasteiger partial charge in [-0.25, -0.2) is 4.98 Å². The summed E-state index contributed by atoms with van der Waals surface area (Å²) in [7, 11) is 3.26. The van der Waals surface area contributed by atoms with Crippen molar-refractivity contribution in [3.05, 3.63) is 23.8 Å². The normalized spacial score (nSPS) is 17.8. The Balaban J connectivity index is 2.27. The van der Waals surface area contributed by atoms with Crippen LogP contribution in [0.3, 0.4) is 0 Å². The van der Waals surface area contributed by atoms with E-state index >= 15 is 0 Å². The molecule has 124 valence electrons. The zero-order chi connectivity index (χ0) is 17.1. The first kappa shape index (κ1) is 16.9. The minimum Gasteiger partial charge on any atom is -0.347 e. The molecule has 0 N–H and O–H groups in total. The van der Waals surface area contributed by atoms with Crippen LogP contribution in [0.25, 0.3) is 0 Å². The van der Waals surface area contributed by atoms with E-state index in [0.717, 1.165) is 0 Å². The van der Waals surface area contributed by atoms with Gasteiger partial charge in [-0.05, 0) is 6.92 Å². The zero-order valence-corrected chi connectivity index (χ0v) is 13.8. The van der Waals surface area contributed by atoms with Crippen LogP contribution in [0, 0.1) is 6.92 Å². The van der Waals surface area contributed by atoms with Crippen LogP contribution in [-0.2, 0) is 9.59 Å². The number of carbonyl (C=O) groups excluding carboxylic acids is 3. The van der Waals surface area contributed by atoms with Crippen molar-refractivity contribution >= 4 is 17.7 Å². The molecule has 1 aliphatic rings. The average molecular weight is 319 g/mol. The minimum absolute atomic E-state index is 0.108. The van der Waals surface area contributed by atoms with Crippen LogP contribution in [0.2, 0.25) is 0 Å². The zero-order valence-electron chi connectivity index (χ0n) is 13.8. The van der Waals surface area contributed by atoms with Gasteiger partial charge in [-0.3, -0.25) is 19.4 Å². The standard InChI is InChI=1S/C15H21N5O3/c1-10-7-17-12(8-16-10)14(22)20-6-5-19(11(2)21)9-13(20)15(23)18(3)4/h7-8,13H,5-6,9H2,1-4H3/t13-/m1/s1. The highest BCUT2D eigenvalue weighted by Crippen LogP contribution is 2.15. The van der Waals surface area contributed by atoms with Gasteiger partial charge < -0.3 is 14.7 Å². The molecular formula is C15H21N5O3. The van der Waals surface area contributed by atoms with Gasteiger partial charge in [-0.2, -0.15) is 0 Å². The Kier molecular flexibility index (Phi) is 4.92. The molecule has 1 fully saturated rings. The Labute approximate surface area is 135 Å². The summed E-state index contributed by atoms with van der Waals surface area (Å²) in [4.78, 5) is 49.3. The van der Waals surface area contributed by atoms with E-state index in [9.17, 15) is 14.4 Å². The van der Waals surface area contributed by atoms with Gasteiger partial charge in [0.05, 0.1) is 18.4 Å². The van der Waals surface area contributed by atoms with Crippen LogP contribution in [0.15, 0.2) is 12.4 Å². The third-order valence-corrected chi connectivity index (χ3v) is 3.81. The van der Waals surface area contributed by atoms with Crippen LogP contribution in [-0.4, -0.2) is 82.2 Å². The largest absolute Gasteiger partial charge is 0.347 e. The van der Waals surface area contributed by atoms with E-state index in [1.807, 2.05) is 0 Å². The molecule has 1 atom stereocenters. The van der Waals surface area contributed by atoms with Gasteiger partial charge >= 0.3 is 0 Å². The number of hydrogen-bond acceptors (Lipinski definition) is 5. The lowest BCUT2D eigenvalue weighted by atomic mass is 10.1. The SMILES string of the molecule is CC(=O)N1CCN(C(=O)c2cnc(C)cn2)[C@@H](C(=O)N(C)C)C1. The first-order valence-corrected chi connectivity index (χ1v) is 7.37. The predicted molar refractivity (Wildman–Crippen MR) is 82.5 cm³/mol. The number of carbonyl (C=O) groups is 3. The molecule has 0 aromatic carbocycles. The fourth-order valence-corrected chi connectivity index (χ4v) is 2.47. The second kappa shape index (κ2) is 6.72. The van der Waals surface area contributed by atoms with Crippen molar-refractivity contribution in [2.75, 3.05) is 33.7 Å². The van der Waals surface area contributed by atoms with Crippen molar-refractivity contribution < 1.29 is 14.4 Å². The second-order valence-corrected chi connectivity index (χ2v) is 5.76. The number of aromatic nitrogens is 2. The molecule has 0 bridgehead atoms. The molecule has 0 unspecified atom stereocenters. The monoisotopic (exact) mass is 319 g/mol. The Hall–Kier alpha value is -2.51. The lowest BCUT2D eigenvalue weighted by molar-refractivity contribution is -0.139. The van der Waals surface area contributed by atoms with Crippen molar-refractivity contribution in [3.8, 4) is 0 Å². The van der Waals surface area contributed by atoms with E-state index in [2.05, 4.69) is 9.97 Å². The molecule has 1 aromatic heterocycles. The number of piperazine rings is 1. The van der Waals surface area contributed by atoms with Gasteiger partial charge in [-0.15, -0.1) is 0 Å². The highest BCUT2D eigenvalue weighted by atomic mass is 16.2. The summed E-state index contributed by atoms with van der Waals surface area (Å²) in [5.74, 6) is -0.672. The minimum atomic E-state index is -0.710. The fraction of sp³-hybridized carbons (Fsp3) is 0.533. The Morgan fingerprint density at radius 2 is 1.87 bits per heavy atom. The Morgan fingerprint density at radius 1 is 1.17 bits per heavy atom. The molecule has 3 amide bonds. The van der Waals surface area contributed by atoms with E-state index in [1.54, 1.807) is 25.9 Å². The molecular weight excluding hydrogens is 298 g/mol. The van der Waals surface area contributed by atoms with Crippen LogP contribution < -0.4 is 0 Å². The van der Waals surface area contributed by atoms with Crippen molar-refractivity contribution in [3.63, 3.8) is 0 Å². The summed E-state index contributed by atoms with van der Waals surface area (Å²) < 4.78 is 0. The smallest absolute Gasteiger partial charge is 0.274 e. The molecule has 1 saturated heterocycles. The summed E-state index contributed by atoms with van der Waals surface area (Å²) >= 11 is 0. The van der Waals surface area contributed by atoms with Gasteiger partial charge in [0.1, 0.15) is 11.7 Å². The molecule has 0 aliphatic carbocycles. The highest BCUT2D eigenvalue weighted by molar-refractivity contribution is 5.96. The summed E-state index contributed by atoms with van der Waals surface area (Å²) in [6.45, 7) is 4.12. The molecule has 0 saturated carbocycles. The van der Waals surface area contributed by atoms with E-state index in [0.29, 0.717) is 12.2 Å².